The molecule has 0 aliphatic rings. The van der Waals surface area contributed by atoms with E-state index in [-0.39, 0.29) is 28.8 Å². The van der Waals surface area contributed by atoms with Gasteiger partial charge < -0.3 is 15.6 Å². The second kappa shape index (κ2) is 9.93. The van der Waals surface area contributed by atoms with Crippen LogP contribution in [0.25, 0.3) is 28.5 Å². The zero-order chi connectivity index (χ0) is 27.7. The summed E-state index contributed by atoms with van der Waals surface area (Å²) in [7, 11) is 0. The van der Waals surface area contributed by atoms with Gasteiger partial charge in [-0.2, -0.15) is 13.2 Å². The number of alkyl halides is 3. The highest BCUT2D eigenvalue weighted by Gasteiger charge is 2.32. The van der Waals surface area contributed by atoms with Crippen LogP contribution >= 0.6 is 0 Å². The van der Waals surface area contributed by atoms with Crippen molar-refractivity contribution in [2.24, 2.45) is 0 Å². The van der Waals surface area contributed by atoms with Gasteiger partial charge in [0.05, 0.1) is 23.3 Å². The highest BCUT2D eigenvalue weighted by atomic mass is 19.4. The van der Waals surface area contributed by atoms with E-state index in [1.165, 1.54) is 31.0 Å². The Morgan fingerprint density at radius 2 is 1.85 bits per heavy atom. The van der Waals surface area contributed by atoms with Crippen molar-refractivity contribution in [3.8, 4) is 11.3 Å². The smallest absolute Gasteiger partial charge is 0.341 e. The zero-order valence-electron chi connectivity index (χ0n) is 19.6. The van der Waals surface area contributed by atoms with Crippen molar-refractivity contribution in [3.63, 3.8) is 0 Å². The molecule has 39 heavy (non-hydrogen) atoms. The van der Waals surface area contributed by atoms with Gasteiger partial charge in [-0.25, -0.2) is 28.7 Å². The number of aromatic nitrogens is 5. The van der Waals surface area contributed by atoms with Crippen LogP contribution in [0.2, 0.25) is 0 Å². The molecule has 5 aromatic rings. The Balaban J connectivity index is 1.52. The number of hydrogen-bond donors (Lipinski definition) is 3. The predicted octanol–water partition coefficient (Wildman–Crippen LogP) is 6.35. The number of amides is 1. The maximum Gasteiger partial charge on any atom is 0.416 e. The summed E-state index contributed by atoms with van der Waals surface area (Å²) in [6.45, 7) is 3.67. The third-order valence-corrected chi connectivity index (χ3v) is 5.66. The van der Waals surface area contributed by atoms with Gasteiger partial charge in [0.1, 0.15) is 35.0 Å². The molecule has 196 valence electrons. The summed E-state index contributed by atoms with van der Waals surface area (Å²) in [6.07, 6.45) is 0.620. The monoisotopic (exact) mass is 537 g/mol. The van der Waals surface area contributed by atoms with E-state index in [4.69, 9.17) is 0 Å². The average Bonchev–Trinajstić information content (AvgIpc) is 3.39. The fraction of sp³-hybridized carbons (Fsp3) is 0.0385. The van der Waals surface area contributed by atoms with E-state index < -0.39 is 34.8 Å². The number of nitrogens with zero attached hydrogens (tertiary/aromatic N) is 4. The number of H-pyrrole nitrogens is 1. The van der Waals surface area contributed by atoms with Gasteiger partial charge in [0, 0.05) is 22.9 Å². The number of carbonyl (C=O) groups is 1. The summed E-state index contributed by atoms with van der Waals surface area (Å²) in [6, 6.07) is 7.06. The average molecular weight is 537 g/mol. The van der Waals surface area contributed by atoms with Gasteiger partial charge in [-0.3, -0.25) is 4.79 Å². The lowest BCUT2D eigenvalue weighted by molar-refractivity contribution is -0.137. The molecule has 0 atom stereocenters. The van der Waals surface area contributed by atoms with Crippen LogP contribution in [0.5, 0.6) is 0 Å². The molecule has 3 aromatic heterocycles. The van der Waals surface area contributed by atoms with Crippen LogP contribution in [-0.4, -0.2) is 30.8 Å². The van der Waals surface area contributed by atoms with Gasteiger partial charge in [0.2, 0.25) is 0 Å². The van der Waals surface area contributed by atoms with Crippen molar-refractivity contribution in [1.82, 2.24) is 24.9 Å². The number of rotatable bonds is 6. The van der Waals surface area contributed by atoms with Crippen molar-refractivity contribution >= 4 is 40.3 Å². The summed E-state index contributed by atoms with van der Waals surface area (Å²) >= 11 is 0. The van der Waals surface area contributed by atoms with E-state index in [9.17, 15) is 22.4 Å². The third-order valence-electron chi connectivity index (χ3n) is 5.66. The Morgan fingerprint density at radius 1 is 1.03 bits per heavy atom. The highest BCUT2D eigenvalue weighted by Crippen LogP contribution is 2.36. The summed E-state index contributed by atoms with van der Waals surface area (Å²) < 4.78 is 68.2. The predicted molar refractivity (Wildman–Crippen MR) is 134 cm³/mol. The summed E-state index contributed by atoms with van der Waals surface area (Å²) in [5, 5.41) is 5.29. The molecule has 0 spiro atoms. The number of halogens is 5. The molecule has 8 nitrogen and oxygen atoms in total. The lowest BCUT2D eigenvalue weighted by Crippen LogP contribution is -2.16. The number of benzene rings is 2. The molecule has 0 saturated heterocycles. The van der Waals surface area contributed by atoms with E-state index in [0.717, 1.165) is 6.07 Å². The quantitative estimate of drug-likeness (QED) is 0.218. The number of pyridine rings is 1. The molecule has 0 aliphatic heterocycles. The highest BCUT2D eigenvalue weighted by molar-refractivity contribution is 6.06. The minimum atomic E-state index is -4.86. The minimum absolute atomic E-state index is 0.00666. The van der Waals surface area contributed by atoms with E-state index in [2.05, 4.69) is 42.1 Å². The standard InChI is InChI=1S/C26H16F5N7O/c1-2-16-19(37-25(39)13-8-14(26(29,30)31)10-15(27)9-13)6-5-18(28)20(16)38-23-17(4-3-7-32-23)21-22-24(35-11-33-21)36-12-34-22/h2-12H,1H2,(H,32,38)(H,37,39)(H,33,34,35,36). The maximum atomic E-state index is 15.1. The Hall–Kier alpha value is -5.20. The Kier molecular flexibility index (Phi) is 6.48. The number of fused-ring (bicyclic) bond motifs is 1. The molecule has 13 heteroatoms. The lowest BCUT2D eigenvalue weighted by Gasteiger charge is -2.17. The first kappa shape index (κ1) is 25.4. The molecule has 5 rings (SSSR count). The van der Waals surface area contributed by atoms with Gasteiger partial charge in [-0.15, -0.1) is 0 Å². The molecule has 0 unspecified atom stereocenters. The van der Waals surface area contributed by atoms with Crippen LogP contribution in [0, 0.1) is 11.6 Å². The van der Waals surface area contributed by atoms with Crippen molar-refractivity contribution < 1.29 is 26.7 Å². The van der Waals surface area contributed by atoms with Crippen LogP contribution in [-0.2, 0) is 6.18 Å². The van der Waals surface area contributed by atoms with E-state index in [0.29, 0.717) is 34.6 Å². The van der Waals surface area contributed by atoms with E-state index >= 15 is 4.39 Å². The van der Waals surface area contributed by atoms with Crippen molar-refractivity contribution in [3.05, 3.63) is 96.2 Å². The molecule has 3 N–H and O–H groups in total. The molecule has 0 saturated carbocycles. The molecule has 0 bridgehead atoms. The Morgan fingerprint density at radius 3 is 2.62 bits per heavy atom. The van der Waals surface area contributed by atoms with Crippen LogP contribution in [0.4, 0.5) is 39.1 Å². The summed E-state index contributed by atoms with van der Waals surface area (Å²) in [4.78, 5) is 32.5. The fourth-order valence-electron chi connectivity index (χ4n) is 3.90. The number of carbonyl (C=O) groups excluding carboxylic acids is 1. The molecule has 3 heterocycles. The van der Waals surface area contributed by atoms with Crippen molar-refractivity contribution in [2.75, 3.05) is 10.6 Å². The summed E-state index contributed by atoms with van der Waals surface area (Å²) in [5.74, 6) is -2.82. The minimum Gasteiger partial charge on any atom is -0.341 e. The molecular weight excluding hydrogens is 521 g/mol. The van der Waals surface area contributed by atoms with Gasteiger partial charge in [0.15, 0.2) is 5.65 Å². The number of nitrogens with one attached hydrogen (secondary N) is 3. The number of aromatic amines is 1. The second-order valence-corrected chi connectivity index (χ2v) is 8.12. The largest absolute Gasteiger partial charge is 0.416 e. The van der Waals surface area contributed by atoms with Crippen molar-refractivity contribution in [1.29, 1.82) is 0 Å². The fourth-order valence-corrected chi connectivity index (χ4v) is 3.90. The molecule has 0 fully saturated rings. The molecule has 0 radical (unpaired) electrons. The van der Waals surface area contributed by atoms with Gasteiger partial charge in [0.25, 0.3) is 5.91 Å². The molecule has 2 aromatic carbocycles. The van der Waals surface area contributed by atoms with Crippen LogP contribution in [0.1, 0.15) is 21.5 Å². The topological polar surface area (TPSA) is 108 Å². The summed E-state index contributed by atoms with van der Waals surface area (Å²) in [5.41, 5.74) is -0.118. The van der Waals surface area contributed by atoms with Gasteiger partial charge in [-0.05, 0) is 42.5 Å². The second-order valence-electron chi connectivity index (χ2n) is 8.12. The first-order valence-corrected chi connectivity index (χ1v) is 11.2. The number of hydrogen-bond acceptors (Lipinski definition) is 6. The van der Waals surface area contributed by atoms with Gasteiger partial charge in [-0.1, -0.05) is 12.7 Å². The maximum absolute atomic E-state index is 15.1. The molecule has 1 amide bonds. The van der Waals surface area contributed by atoms with Crippen LogP contribution in [0.15, 0.2) is 67.9 Å². The zero-order valence-corrected chi connectivity index (χ0v) is 19.6. The first-order valence-electron chi connectivity index (χ1n) is 11.2. The van der Waals surface area contributed by atoms with Crippen molar-refractivity contribution in [2.45, 2.75) is 6.18 Å². The van der Waals surface area contributed by atoms with Crippen LogP contribution in [0.3, 0.4) is 0 Å². The third kappa shape index (κ3) is 5.01. The van der Waals surface area contributed by atoms with E-state index in [1.807, 2.05) is 0 Å². The SMILES string of the molecule is C=Cc1c(NC(=O)c2cc(F)cc(C(F)(F)F)c2)ccc(F)c1Nc1ncccc1-c1ncnc2nc[nH]c12. The first-order chi connectivity index (χ1) is 18.7. The van der Waals surface area contributed by atoms with Crippen LogP contribution < -0.4 is 10.6 Å². The number of imidazole rings is 1. The van der Waals surface area contributed by atoms with E-state index in [1.54, 1.807) is 12.1 Å². The Labute approximate surface area is 216 Å². The van der Waals surface area contributed by atoms with Gasteiger partial charge >= 0.3 is 6.18 Å². The lowest BCUT2D eigenvalue weighted by atomic mass is 10.1. The molecule has 0 aliphatic carbocycles. The Bertz CT molecular complexity index is 1730. The molecular formula is C26H16F5N7O. The number of anilines is 3. The normalized spacial score (nSPS) is 11.4.